The molecule has 16 heavy (non-hydrogen) atoms. The van der Waals surface area contributed by atoms with Crippen LogP contribution in [0.2, 0.25) is 0 Å². The number of aryl methyl sites for hydroxylation is 1. The number of nitrogens with two attached hydrogens (primary N) is 1. The number of aromatic nitrogens is 3. The van der Waals surface area contributed by atoms with E-state index in [2.05, 4.69) is 10.2 Å². The van der Waals surface area contributed by atoms with Crippen molar-refractivity contribution in [2.45, 2.75) is 6.92 Å². The van der Waals surface area contributed by atoms with Crippen LogP contribution in [-0.4, -0.2) is 14.6 Å². The van der Waals surface area contributed by atoms with Gasteiger partial charge in [0.25, 0.3) is 0 Å². The molecule has 3 N–H and O–H groups in total. The Morgan fingerprint density at radius 1 is 1.38 bits per heavy atom. The summed E-state index contributed by atoms with van der Waals surface area (Å²) in [6, 6.07) is 7.48. The van der Waals surface area contributed by atoms with Crippen LogP contribution in [-0.2, 0) is 0 Å². The fourth-order valence-electron chi connectivity index (χ4n) is 1.93. The Morgan fingerprint density at radius 3 is 3.00 bits per heavy atom. The highest BCUT2D eigenvalue weighted by Crippen LogP contribution is 2.22. The molecule has 0 aliphatic carbocycles. The minimum atomic E-state index is -0.246. The zero-order valence-electron chi connectivity index (χ0n) is 8.69. The van der Waals surface area contributed by atoms with E-state index in [0.29, 0.717) is 11.3 Å². The fourth-order valence-corrected chi connectivity index (χ4v) is 1.93. The number of aromatic amines is 1. The van der Waals surface area contributed by atoms with E-state index in [-0.39, 0.29) is 5.69 Å². The minimum Gasteiger partial charge on any atom is -0.398 e. The predicted molar refractivity (Wildman–Crippen MR) is 62.5 cm³/mol. The van der Waals surface area contributed by atoms with Gasteiger partial charge in [-0.1, -0.05) is 11.6 Å². The van der Waals surface area contributed by atoms with Crippen molar-refractivity contribution in [1.29, 1.82) is 0 Å². The van der Waals surface area contributed by atoms with E-state index in [4.69, 9.17) is 5.73 Å². The smallest absolute Gasteiger partial charge is 0.348 e. The molecule has 0 saturated carbocycles. The van der Waals surface area contributed by atoms with Crippen LogP contribution in [0.5, 0.6) is 0 Å². The SMILES string of the molecule is Cc1ccc2c(c1)c(N)cc1n[nH]c(=O)n12. The van der Waals surface area contributed by atoms with E-state index in [0.717, 1.165) is 16.5 Å². The first-order valence-electron chi connectivity index (χ1n) is 4.93. The number of nitrogen functional groups attached to an aromatic ring is 1. The van der Waals surface area contributed by atoms with Gasteiger partial charge >= 0.3 is 5.69 Å². The van der Waals surface area contributed by atoms with Crippen LogP contribution in [0.4, 0.5) is 5.69 Å². The molecule has 0 bridgehead atoms. The first-order chi connectivity index (χ1) is 7.66. The number of pyridine rings is 1. The van der Waals surface area contributed by atoms with Crippen LogP contribution in [0, 0.1) is 6.92 Å². The number of nitrogens with zero attached hydrogens (tertiary/aromatic N) is 2. The number of benzene rings is 1. The van der Waals surface area contributed by atoms with Crippen molar-refractivity contribution in [1.82, 2.24) is 14.6 Å². The number of anilines is 1. The second-order valence-electron chi connectivity index (χ2n) is 3.84. The number of H-pyrrole nitrogens is 1. The molecule has 0 fully saturated rings. The molecule has 0 aliphatic heterocycles. The highest BCUT2D eigenvalue weighted by molar-refractivity contribution is 5.93. The maximum atomic E-state index is 11.6. The van der Waals surface area contributed by atoms with Crippen LogP contribution in [0.3, 0.4) is 0 Å². The van der Waals surface area contributed by atoms with E-state index in [1.807, 2.05) is 25.1 Å². The number of hydrogen-bond acceptors (Lipinski definition) is 3. The van der Waals surface area contributed by atoms with Gasteiger partial charge in [-0.2, -0.15) is 5.10 Å². The van der Waals surface area contributed by atoms with E-state index in [1.54, 1.807) is 6.07 Å². The molecule has 0 aliphatic rings. The molecule has 3 aromatic rings. The van der Waals surface area contributed by atoms with E-state index < -0.39 is 0 Å². The molecule has 0 unspecified atom stereocenters. The Hall–Kier alpha value is -2.30. The van der Waals surface area contributed by atoms with Gasteiger partial charge in [-0.3, -0.25) is 0 Å². The van der Waals surface area contributed by atoms with E-state index in [9.17, 15) is 4.79 Å². The Bertz CT molecular complexity index is 754. The Morgan fingerprint density at radius 2 is 2.19 bits per heavy atom. The van der Waals surface area contributed by atoms with Crippen molar-refractivity contribution in [2.24, 2.45) is 0 Å². The quantitative estimate of drug-likeness (QED) is 0.587. The topological polar surface area (TPSA) is 76.2 Å². The van der Waals surface area contributed by atoms with Gasteiger partial charge in [-0.25, -0.2) is 14.3 Å². The Labute approximate surface area is 90.5 Å². The van der Waals surface area contributed by atoms with Gasteiger partial charge in [-0.05, 0) is 19.1 Å². The summed E-state index contributed by atoms with van der Waals surface area (Å²) in [5.41, 5.74) is 8.74. The summed E-state index contributed by atoms with van der Waals surface area (Å²) in [6.45, 7) is 1.99. The standard InChI is InChI=1S/C11H10N4O/c1-6-2-3-9-7(4-6)8(12)5-10-13-14-11(16)15(9)10/h2-5H,12H2,1H3,(H,14,16). The molecule has 0 amide bonds. The number of fused-ring (bicyclic) bond motifs is 3. The number of hydrogen-bond donors (Lipinski definition) is 2. The van der Waals surface area contributed by atoms with Crippen molar-refractivity contribution < 1.29 is 0 Å². The lowest BCUT2D eigenvalue weighted by Crippen LogP contribution is -2.10. The van der Waals surface area contributed by atoms with Crippen molar-refractivity contribution in [3.63, 3.8) is 0 Å². The highest BCUT2D eigenvalue weighted by atomic mass is 16.1. The molecular weight excluding hydrogens is 204 g/mol. The van der Waals surface area contributed by atoms with Gasteiger partial charge in [0, 0.05) is 17.1 Å². The van der Waals surface area contributed by atoms with Crippen LogP contribution in [0.15, 0.2) is 29.1 Å². The van der Waals surface area contributed by atoms with Crippen molar-refractivity contribution in [2.75, 3.05) is 5.73 Å². The first-order valence-corrected chi connectivity index (χ1v) is 4.93. The third-order valence-corrected chi connectivity index (χ3v) is 2.69. The summed E-state index contributed by atoms with van der Waals surface area (Å²) >= 11 is 0. The average Bonchev–Trinajstić information content (AvgIpc) is 2.61. The summed E-state index contributed by atoms with van der Waals surface area (Å²) < 4.78 is 1.52. The molecule has 2 aromatic heterocycles. The molecule has 5 nitrogen and oxygen atoms in total. The average molecular weight is 214 g/mol. The van der Waals surface area contributed by atoms with Crippen LogP contribution in [0.1, 0.15) is 5.56 Å². The molecule has 1 aromatic carbocycles. The zero-order valence-corrected chi connectivity index (χ0v) is 8.69. The second-order valence-corrected chi connectivity index (χ2v) is 3.84. The Kier molecular flexibility index (Phi) is 1.60. The number of nitrogens with one attached hydrogen (secondary N) is 1. The van der Waals surface area contributed by atoms with Crippen molar-refractivity contribution in [3.8, 4) is 0 Å². The van der Waals surface area contributed by atoms with Crippen LogP contribution in [0.25, 0.3) is 16.6 Å². The van der Waals surface area contributed by atoms with Gasteiger partial charge in [0.1, 0.15) is 0 Å². The monoisotopic (exact) mass is 214 g/mol. The molecule has 0 spiro atoms. The molecule has 5 heteroatoms. The summed E-state index contributed by atoms with van der Waals surface area (Å²) in [5, 5.41) is 7.18. The summed E-state index contributed by atoms with van der Waals surface area (Å²) in [7, 11) is 0. The van der Waals surface area contributed by atoms with Gasteiger partial charge in [-0.15, -0.1) is 0 Å². The number of rotatable bonds is 0. The molecule has 3 rings (SSSR count). The third kappa shape index (κ3) is 1.05. The summed E-state index contributed by atoms with van der Waals surface area (Å²) in [6.07, 6.45) is 0. The molecule has 2 heterocycles. The van der Waals surface area contributed by atoms with Crippen molar-refractivity contribution in [3.05, 3.63) is 40.3 Å². The second kappa shape index (κ2) is 2.85. The summed E-state index contributed by atoms with van der Waals surface area (Å²) in [4.78, 5) is 11.6. The van der Waals surface area contributed by atoms with Crippen LogP contribution < -0.4 is 11.4 Å². The largest absolute Gasteiger partial charge is 0.398 e. The van der Waals surface area contributed by atoms with E-state index >= 15 is 0 Å². The van der Waals surface area contributed by atoms with Gasteiger partial charge in [0.05, 0.1) is 5.52 Å². The zero-order chi connectivity index (χ0) is 11.3. The predicted octanol–water partition coefficient (Wildman–Crippen LogP) is 1.07. The lowest BCUT2D eigenvalue weighted by Gasteiger charge is -2.04. The van der Waals surface area contributed by atoms with Gasteiger partial charge in [0.2, 0.25) is 0 Å². The lowest BCUT2D eigenvalue weighted by molar-refractivity contribution is 1.04. The van der Waals surface area contributed by atoms with Gasteiger partial charge < -0.3 is 5.73 Å². The highest BCUT2D eigenvalue weighted by Gasteiger charge is 2.07. The van der Waals surface area contributed by atoms with Gasteiger partial charge in [0.15, 0.2) is 5.65 Å². The lowest BCUT2D eigenvalue weighted by atomic mass is 10.1. The fraction of sp³-hybridized carbons (Fsp3) is 0.0909. The normalized spacial score (nSPS) is 11.3. The maximum Gasteiger partial charge on any atom is 0.348 e. The first kappa shape index (κ1) is 8.96. The van der Waals surface area contributed by atoms with E-state index in [1.165, 1.54) is 4.40 Å². The third-order valence-electron chi connectivity index (χ3n) is 2.69. The molecular formula is C11H10N4O. The minimum absolute atomic E-state index is 0.246. The molecule has 80 valence electrons. The Balaban J connectivity index is 2.68. The maximum absolute atomic E-state index is 11.6. The summed E-state index contributed by atoms with van der Waals surface area (Å²) in [5.74, 6) is 0. The molecule has 0 radical (unpaired) electrons. The van der Waals surface area contributed by atoms with Crippen molar-refractivity contribution >= 4 is 22.2 Å². The molecule has 0 atom stereocenters. The van der Waals surface area contributed by atoms with Crippen LogP contribution >= 0.6 is 0 Å². The molecule has 0 saturated heterocycles.